The maximum atomic E-state index is 12.9. The number of sulfonamides is 1. The van der Waals surface area contributed by atoms with Gasteiger partial charge in [-0.05, 0) is 43.4 Å². The number of aliphatic hydroxyl groups excluding tert-OH is 1. The third kappa shape index (κ3) is 3.68. The topological polar surface area (TPSA) is 92.4 Å². The summed E-state index contributed by atoms with van der Waals surface area (Å²) in [5.41, 5.74) is 5.43. The van der Waals surface area contributed by atoms with Gasteiger partial charge in [-0.1, -0.05) is 6.42 Å². The van der Waals surface area contributed by atoms with Crippen LogP contribution in [-0.4, -0.2) is 26.2 Å². The molecule has 1 aliphatic rings. The molecule has 0 amide bonds. The Balaban J connectivity index is 2.03. The van der Waals surface area contributed by atoms with Crippen molar-refractivity contribution in [2.45, 2.75) is 36.7 Å². The SMILES string of the molecule is Nc1cc(F)ccc1S(=O)(=O)NCC1CCCC(O)C1. The van der Waals surface area contributed by atoms with Crippen LogP contribution in [0.15, 0.2) is 23.1 Å². The van der Waals surface area contributed by atoms with Crippen molar-refractivity contribution in [3.63, 3.8) is 0 Å². The molecule has 4 N–H and O–H groups in total. The molecule has 2 atom stereocenters. The molecule has 112 valence electrons. The first-order valence-electron chi connectivity index (χ1n) is 6.61. The molecule has 0 radical (unpaired) electrons. The van der Waals surface area contributed by atoms with Crippen molar-refractivity contribution >= 4 is 15.7 Å². The predicted molar refractivity (Wildman–Crippen MR) is 74.0 cm³/mol. The first kappa shape index (κ1) is 15.2. The number of benzene rings is 1. The van der Waals surface area contributed by atoms with Gasteiger partial charge < -0.3 is 10.8 Å². The summed E-state index contributed by atoms with van der Waals surface area (Å²) in [6.07, 6.45) is 2.80. The lowest BCUT2D eigenvalue weighted by atomic mass is 9.87. The van der Waals surface area contributed by atoms with E-state index in [1.54, 1.807) is 0 Å². The van der Waals surface area contributed by atoms with Crippen LogP contribution in [0.4, 0.5) is 10.1 Å². The van der Waals surface area contributed by atoms with Crippen molar-refractivity contribution in [3.05, 3.63) is 24.0 Å². The van der Waals surface area contributed by atoms with Crippen LogP contribution in [0.1, 0.15) is 25.7 Å². The Hall–Kier alpha value is -1.18. The summed E-state index contributed by atoms with van der Waals surface area (Å²) < 4.78 is 39.6. The fourth-order valence-electron chi connectivity index (χ4n) is 2.52. The molecule has 7 heteroatoms. The molecule has 0 heterocycles. The van der Waals surface area contributed by atoms with E-state index in [4.69, 9.17) is 5.73 Å². The fourth-order valence-corrected chi connectivity index (χ4v) is 3.74. The molecular formula is C13H19FN2O3S. The first-order valence-corrected chi connectivity index (χ1v) is 8.09. The molecule has 1 aromatic carbocycles. The van der Waals surface area contributed by atoms with E-state index >= 15 is 0 Å². The molecule has 1 aromatic rings. The largest absolute Gasteiger partial charge is 0.398 e. The zero-order chi connectivity index (χ0) is 14.8. The van der Waals surface area contributed by atoms with E-state index in [2.05, 4.69) is 4.72 Å². The van der Waals surface area contributed by atoms with E-state index in [1.807, 2.05) is 0 Å². The van der Waals surface area contributed by atoms with Crippen LogP contribution in [0.3, 0.4) is 0 Å². The Bertz CT molecular complexity index is 577. The Morgan fingerprint density at radius 2 is 2.15 bits per heavy atom. The average molecular weight is 302 g/mol. The van der Waals surface area contributed by atoms with Gasteiger partial charge in [0.15, 0.2) is 0 Å². The minimum absolute atomic E-state index is 0.110. The maximum absolute atomic E-state index is 12.9. The number of halogens is 1. The van der Waals surface area contributed by atoms with E-state index in [0.29, 0.717) is 6.42 Å². The Kier molecular flexibility index (Phi) is 4.62. The van der Waals surface area contributed by atoms with E-state index in [0.717, 1.165) is 37.5 Å². The molecule has 2 unspecified atom stereocenters. The molecule has 0 bridgehead atoms. The summed E-state index contributed by atoms with van der Waals surface area (Å²) >= 11 is 0. The van der Waals surface area contributed by atoms with E-state index < -0.39 is 15.8 Å². The van der Waals surface area contributed by atoms with E-state index in [-0.39, 0.29) is 29.1 Å². The van der Waals surface area contributed by atoms with Gasteiger partial charge in [-0.15, -0.1) is 0 Å². The van der Waals surface area contributed by atoms with Gasteiger partial charge >= 0.3 is 0 Å². The molecule has 0 spiro atoms. The highest BCUT2D eigenvalue weighted by atomic mass is 32.2. The number of rotatable bonds is 4. The van der Waals surface area contributed by atoms with Crippen LogP contribution >= 0.6 is 0 Å². The lowest BCUT2D eigenvalue weighted by Crippen LogP contribution is -2.33. The van der Waals surface area contributed by atoms with Gasteiger partial charge in [0.25, 0.3) is 0 Å². The molecular weight excluding hydrogens is 283 g/mol. The molecule has 0 aliphatic heterocycles. The van der Waals surface area contributed by atoms with Crippen LogP contribution in [-0.2, 0) is 10.0 Å². The minimum atomic E-state index is -3.75. The van der Waals surface area contributed by atoms with Gasteiger partial charge in [-0.3, -0.25) is 0 Å². The van der Waals surface area contributed by atoms with E-state index in [9.17, 15) is 17.9 Å². The van der Waals surface area contributed by atoms with Gasteiger partial charge in [0, 0.05) is 6.54 Å². The quantitative estimate of drug-likeness (QED) is 0.730. The predicted octanol–water partition coefficient (Wildman–Crippen LogP) is 1.24. The fraction of sp³-hybridized carbons (Fsp3) is 0.538. The molecule has 0 aromatic heterocycles. The third-order valence-corrected chi connectivity index (χ3v) is 5.08. The number of aliphatic hydroxyl groups is 1. The molecule has 2 rings (SSSR count). The summed E-state index contributed by atoms with van der Waals surface area (Å²) in [6, 6.07) is 3.21. The van der Waals surface area contributed by atoms with Gasteiger partial charge in [-0.25, -0.2) is 17.5 Å². The lowest BCUT2D eigenvalue weighted by molar-refractivity contribution is 0.102. The first-order chi connectivity index (χ1) is 9.38. The Labute approximate surface area is 118 Å². The third-order valence-electron chi connectivity index (χ3n) is 3.58. The summed E-state index contributed by atoms with van der Waals surface area (Å²) in [4.78, 5) is -0.116. The van der Waals surface area contributed by atoms with Crippen molar-refractivity contribution in [1.29, 1.82) is 0 Å². The number of anilines is 1. The molecule has 1 aliphatic carbocycles. The highest BCUT2D eigenvalue weighted by Crippen LogP contribution is 2.25. The molecule has 0 saturated heterocycles. The van der Waals surface area contributed by atoms with Gasteiger partial charge in [0.1, 0.15) is 10.7 Å². The monoisotopic (exact) mass is 302 g/mol. The maximum Gasteiger partial charge on any atom is 0.242 e. The van der Waals surface area contributed by atoms with Crippen molar-refractivity contribution in [3.8, 4) is 0 Å². The molecule has 5 nitrogen and oxygen atoms in total. The number of hydrogen-bond acceptors (Lipinski definition) is 4. The lowest BCUT2D eigenvalue weighted by Gasteiger charge is -2.25. The molecule has 1 saturated carbocycles. The summed E-state index contributed by atoms with van der Waals surface area (Å²) in [5.74, 6) is -0.452. The van der Waals surface area contributed by atoms with Crippen molar-refractivity contribution in [2.75, 3.05) is 12.3 Å². The average Bonchev–Trinajstić information content (AvgIpc) is 2.36. The van der Waals surface area contributed by atoms with Crippen molar-refractivity contribution in [1.82, 2.24) is 4.72 Å². The van der Waals surface area contributed by atoms with Crippen LogP contribution in [0.2, 0.25) is 0 Å². The van der Waals surface area contributed by atoms with Crippen molar-refractivity contribution in [2.24, 2.45) is 5.92 Å². The highest BCUT2D eigenvalue weighted by molar-refractivity contribution is 7.89. The van der Waals surface area contributed by atoms with Crippen LogP contribution in [0.25, 0.3) is 0 Å². The van der Waals surface area contributed by atoms with E-state index in [1.165, 1.54) is 0 Å². The Morgan fingerprint density at radius 1 is 1.40 bits per heavy atom. The Morgan fingerprint density at radius 3 is 2.80 bits per heavy atom. The van der Waals surface area contributed by atoms with Gasteiger partial charge in [-0.2, -0.15) is 0 Å². The number of nitrogens with two attached hydrogens (primary N) is 1. The van der Waals surface area contributed by atoms with Crippen LogP contribution in [0.5, 0.6) is 0 Å². The minimum Gasteiger partial charge on any atom is -0.398 e. The van der Waals surface area contributed by atoms with Gasteiger partial charge in [0.05, 0.1) is 11.8 Å². The van der Waals surface area contributed by atoms with Crippen LogP contribution < -0.4 is 10.5 Å². The second-order valence-corrected chi connectivity index (χ2v) is 6.96. The second-order valence-electron chi connectivity index (χ2n) is 5.22. The summed E-state index contributed by atoms with van der Waals surface area (Å²) in [5, 5.41) is 9.56. The number of hydrogen-bond donors (Lipinski definition) is 3. The standard InChI is InChI=1S/C13H19FN2O3S/c14-10-4-5-13(12(15)7-10)20(18,19)16-8-9-2-1-3-11(17)6-9/h4-5,7,9,11,16-17H,1-3,6,8,15H2. The van der Waals surface area contributed by atoms with Crippen LogP contribution in [0, 0.1) is 11.7 Å². The molecule has 20 heavy (non-hydrogen) atoms. The zero-order valence-corrected chi connectivity index (χ0v) is 11.9. The second kappa shape index (κ2) is 6.07. The summed E-state index contributed by atoms with van der Waals surface area (Å²) in [7, 11) is -3.75. The summed E-state index contributed by atoms with van der Waals surface area (Å²) in [6.45, 7) is 0.260. The smallest absolute Gasteiger partial charge is 0.242 e. The number of nitrogens with one attached hydrogen (secondary N) is 1. The zero-order valence-electron chi connectivity index (χ0n) is 11.0. The molecule has 1 fully saturated rings. The van der Waals surface area contributed by atoms with Gasteiger partial charge in [0.2, 0.25) is 10.0 Å². The van der Waals surface area contributed by atoms with Crippen molar-refractivity contribution < 1.29 is 17.9 Å². The number of nitrogen functional groups attached to an aromatic ring is 1. The normalized spacial score (nSPS) is 23.7. The highest BCUT2D eigenvalue weighted by Gasteiger charge is 2.23.